The number of pyridine rings is 2. The number of ether oxygens (including phenoxy) is 1. The van der Waals surface area contributed by atoms with Crippen molar-refractivity contribution in [2.45, 2.75) is 6.18 Å². The third-order valence-electron chi connectivity index (χ3n) is 4.40. The summed E-state index contributed by atoms with van der Waals surface area (Å²) in [5, 5.41) is 0.821. The standard InChI is InChI=1S/C22H16F3N3O/c23-22(24,25)13-29-16-4-1-3-15(11-16)21-17(5-2-9-28-21)14-6-7-20-18(12-14)19(26)8-10-27-20/h1-12H,13H2,(H2,26,27). The van der Waals surface area contributed by atoms with Crippen molar-refractivity contribution in [1.29, 1.82) is 0 Å². The highest BCUT2D eigenvalue weighted by atomic mass is 19.4. The molecule has 0 bridgehead atoms. The van der Waals surface area contributed by atoms with Crippen LogP contribution in [-0.4, -0.2) is 22.8 Å². The average Bonchev–Trinajstić information content (AvgIpc) is 2.72. The van der Waals surface area contributed by atoms with E-state index in [1.54, 1.807) is 42.7 Å². The third-order valence-corrected chi connectivity index (χ3v) is 4.40. The monoisotopic (exact) mass is 395 g/mol. The average molecular weight is 395 g/mol. The molecule has 2 aromatic carbocycles. The molecule has 0 radical (unpaired) electrons. The molecule has 0 fully saturated rings. The van der Waals surface area contributed by atoms with E-state index >= 15 is 0 Å². The Balaban J connectivity index is 1.76. The lowest BCUT2D eigenvalue weighted by Gasteiger charge is -2.13. The van der Waals surface area contributed by atoms with Crippen LogP contribution in [0, 0.1) is 0 Å². The van der Waals surface area contributed by atoms with Gasteiger partial charge in [-0.1, -0.05) is 24.3 Å². The van der Waals surface area contributed by atoms with E-state index in [2.05, 4.69) is 9.97 Å². The van der Waals surface area contributed by atoms with Gasteiger partial charge in [-0.25, -0.2) is 0 Å². The molecule has 0 unspecified atom stereocenters. The van der Waals surface area contributed by atoms with Gasteiger partial charge in [0.05, 0.1) is 11.2 Å². The maximum Gasteiger partial charge on any atom is 0.422 e. The maximum absolute atomic E-state index is 12.5. The van der Waals surface area contributed by atoms with Crippen LogP contribution in [0.1, 0.15) is 0 Å². The number of nitrogen functional groups attached to an aromatic ring is 1. The van der Waals surface area contributed by atoms with E-state index in [0.717, 1.165) is 22.0 Å². The molecule has 29 heavy (non-hydrogen) atoms. The summed E-state index contributed by atoms with van der Waals surface area (Å²) in [5.41, 5.74) is 10.5. The van der Waals surface area contributed by atoms with Gasteiger partial charge in [0, 0.05) is 34.6 Å². The van der Waals surface area contributed by atoms with Gasteiger partial charge in [-0.3, -0.25) is 9.97 Å². The quantitative estimate of drug-likeness (QED) is 0.497. The Kier molecular flexibility index (Phi) is 4.80. The van der Waals surface area contributed by atoms with E-state index in [-0.39, 0.29) is 5.75 Å². The van der Waals surface area contributed by atoms with E-state index in [9.17, 15) is 13.2 Å². The maximum atomic E-state index is 12.5. The molecule has 4 aromatic rings. The van der Waals surface area contributed by atoms with Crippen LogP contribution in [-0.2, 0) is 0 Å². The van der Waals surface area contributed by atoms with E-state index in [0.29, 0.717) is 16.9 Å². The van der Waals surface area contributed by atoms with Crippen LogP contribution in [0.4, 0.5) is 18.9 Å². The second kappa shape index (κ2) is 7.43. The molecule has 0 saturated heterocycles. The van der Waals surface area contributed by atoms with E-state index < -0.39 is 12.8 Å². The zero-order chi connectivity index (χ0) is 20.4. The molecule has 0 saturated carbocycles. The molecule has 4 rings (SSSR count). The van der Waals surface area contributed by atoms with E-state index in [1.165, 1.54) is 6.07 Å². The molecule has 4 nitrogen and oxygen atoms in total. The van der Waals surface area contributed by atoms with Crippen molar-refractivity contribution >= 4 is 16.6 Å². The fraction of sp³-hybridized carbons (Fsp3) is 0.0909. The van der Waals surface area contributed by atoms with Gasteiger partial charge in [-0.15, -0.1) is 0 Å². The molecule has 2 N–H and O–H groups in total. The summed E-state index contributed by atoms with van der Waals surface area (Å²) in [7, 11) is 0. The van der Waals surface area contributed by atoms with Crippen LogP contribution in [0.5, 0.6) is 5.75 Å². The van der Waals surface area contributed by atoms with Crippen LogP contribution in [0.25, 0.3) is 33.3 Å². The van der Waals surface area contributed by atoms with Gasteiger partial charge in [0.25, 0.3) is 0 Å². The van der Waals surface area contributed by atoms with Crippen LogP contribution in [0.2, 0.25) is 0 Å². The SMILES string of the molecule is Nc1ccnc2ccc(-c3cccnc3-c3cccc(OCC(F)(F)F)c3)cc12. The molecule has 0 aliphatic rings. The Morgan fingerprint density at radius 2 is 1.72 bits per heavy atom. The Labute approximate surface area is 164 Å². The van der Waals surface area contributed by atoms with Gasteiger partial charge in [-0.05, 0) is 42.0 Å². The summed E-state index contributed by atoms with van der Waals surface area (Å²) in [6, 6.07) is 17.6. The number of alkyl halides is 3. The molecule has 0 aliphatic carbocycles. The number of nitrogens with zero attached hydrogens (tertiary/aromatic N) is 2. The van der Waals surface area contributed by atoms with Crippen molar-refractivity contribution in [3.05, 3.63) is 73.1 Å². The molecular weight excluding hydrogens is 379 g/mol. The summed E-state index contributed by atoms with van der Waals surface area (Å²) in [6.07, 6.45) is -1.11. The minimum atomic E-state index is -4.40. The molecule has 7 heteroatoms. The first-order valence-corrected chi connectivity index (χ1v) is 8.80. The largest absolute Gasteiger partial charge is 0.484 e. The van der Waals surface area contributed by atoms with Crippen molar-refractivity contribution in [3.8, 4) is 28.1 Å². The number of hydrogen-bond acceptors (Lipinski definition) is 4. The summed E-state index contributed by atoms with van der Waals surface area (Å²) in [6.45, 7) is -1.34. The Morgan fingerprint density at radius 3 is 2.55 bits per heavy atom. The first kappa shape index (κ1) is 18.7. The van der Waals surface area contributed by atoms with Crippen LogP contribution in [0.15, 0.2) is 73.1 Å². The van der Waals surface area contributed by atoms with Crippen molar-refractivity contribution in [2.75, 3.05) is 12.3 Å². The highest BCUT2D eigenvalue weighted by Crippen LogP contribution is 2.34. The van der Waals surface area contributed by atoms with Crippen molar-refractivity contribution < 1.29 is 17.9 Å². The number of anilines is 1. The van der Waals surface area contributed by atoms with Gasteiger partial charge in [0.1, 0.15) is 5.75 Å². The van der Waals surface area contributed by atoms with Crippen molar-refractivity contribution in [3.63, 3.8) is 0 Å². The number of hydrogen-bond donors (Lipinski definition) is 1. The van der Waals surface area contributed by atoms with Gasteiger partial charge in [-0.2, -0.15) is 13.2 Å². The highest BCUT2D eigenvalue weighted by Gasteiger charge is 2.28. The highest BCUT2D eigenvalue weighted by molar-refractivity contribution is 5.94. The normalized spacial score (nSPS) is 11.6. The van der Waals surface area contributed by atoms with Crippen molar-refractivity contribution in [2.24, 2.45) is 0 Å². The van der Waals surface area contributed by atoms with Gasteiger partial charge in [0.15, 0.2) is 6.61 Å². The topological polar surface area (TPSA) is 61.0 Å². The molecule has 0 spiro atoms. The van der Waals surface area contributed by atoms with E-state index in [1.807, 2.05) is 24.3 Å². The number of aromatic nitrogens is 2. The van der Waals surface area contributed by atoms with Crippen molar-refractivity contribution in [1.82, 2.24) is 9.97 Å². The number of nitrogens with two attached hydrogens (primary N) is 1. The summed E-state index contributed by atoms with van der Waals surface area (Å²) < 4.78 is 42.2. The third kappa shape index (κ3) is 4.13. The predicted molar refractivity (Wildman–Crippen MR) is 106 cm³/mol. The van der Waals surface area contributed by atoms with Crippen LogP contribution < -0.4 is 10.5 Å². The van der Waals surface area contributed by atoms with Gasteiger partial charge < -0.3 is 10.5 Å². The number of fused-ring (bicyclic) bond motifs is 1. The summed E-state index contributed by atoms with van der Waals surface area (Å²) in [5.74, 6) is 0.128. The Hall–Kier alpha value is -3.61. The minimum Gasteiger partial charge on any atom is -0.484 e. The second-order valence-corrected chi connectivity index (χ2v) is 6.46. The summed E-state index contributed by atoms with van der Waals surface area (Å²) >= 11 is 0. The Morgan fingerprint density at radius 1 is 0.862 bits per heavy atom. The number of benzene rings is 2. The smallest absolute Gasteiger partial charge is 0.422 e. The second-order valence-electron chi connectivity index (χ2n) is 6.46. The van der Waals surface area contributed by atoms with Gasteiger partial charge in [0.2, 0.25) is 0 Å². The zero-order valence-corrected chi connectivity index (χ0v) is 15.1. The molecule has 0 atom stereocenters. The molecule has 146 valence electrons. The van der Waals surface area contributed by atoms with E-state index in [4.69, 9.17) is 10.5 Å². The predicted octanol–water partition coefficient (Wildman–Crippen LogP) is 5.49. The molecule has 0 amide bonds. The number of rotatable bonds is 4. The fourth-order valence-electron chi connectivity index (χ4n) is 3.10. The molecule has 2 aromatic heterocycles. The number of halogens is 3. The first-order chi connectivity index (χ1) is 13.9. The van der Waals surface area contributed by atoms with Crippen LogP contribution in [0.3, 0.4) is 0 Å². The zero-order valence-electron chi connectivity index (χ0n) is 15.1. The Bertz CT molecular complexity index is 1180. The first-order valence-electron chi connectivity index (χ1n) is 8.80. The lowest BCUT2D eigenvalue weighted by molar-refractivity contribution is -0.153. The minimum absolute atomic E-state index is 0.128. The van der Waals surface area contributed by atoms with Crippen LogP contribution >= 0.6 is 0 Å². The molecule has 2 heterocycles. The fourth-order valence-corrected chi connectivity index (χ4v) is 3.10. The lowest BCUT2D eigenvalue weighted by Crippen LogP contribution is -2.19. The summed E-state index contributed by atoms with van der Waals surface area (Å²) in [4.78, 5) is 8.76. The molecule has 0 aliphatic heterocycles. The van der Waals surface area contributed by atoms with Gasteiger partial charge >= 0.3 is 6.18 Å². The lowest BCUT2D eigenvalue weighted by atomic mass is 9.97. The molecular formula is C22H16F3N3O.